The molecule has 0 spiro atoms. The van der Waals surface area contributed by atoms with E-state index in [-0.39, 0.29) is 11.7 Å². The molecule has 0 heterocycles. The number of carbonyl (C=O) groups excluding carboxylic acids is 2. The van der Waals surface area contributed by atoms with Crippen LogP contribution in [0.3, 0.4) is 0 Å². The van der Waals surface area contributed by atoms with Crippen molar-refractivity contribution in [2.45, 2.75) is 13.8 Å². The first kappa shape index (κ1) is 21.5. The van der Waals surface area contributed by atoms with E-state index in [2.05, 4.69) is 16.2 Å². The van der Waals surface area contributed by atoms with E-state index in [1.807, 2.05) is 13.8 Å². The Bertz CT molecular complexity index is 859. The van der Waals surface area contributed by atoms with Crippen molar-refractivity contribution < 1.29 is 19.1 Å². The van der Waals surface area contributed by atoms with Crippen LogP contribution in [0.5, 0.6) is 11.5 Å². The number of aryl methyl sites for hydroxylation is 1. The van der Waals surface area contributed by atoms with Crippen molar-refractivity contribution in [1.82, 2.24) is 16.2 Å². The number of thiocarbonyl (C=S) groups is 1. The van der Waals surface area contributed by atoms with Gasteiger partial charge in [0.2, 0.25) is 0 Å². The monoisotopic (exact) mass is 421 g/mol. The molecule has 9 heteroatoms. The summed E-state index contributed by atoms with van der Waals surface area (Å²) in [6.07, 6.45) is 0. The van der Waals surface area contributed by atoms with Gasteiger partial charge >= 0.3 is 0 Å². The van der Waals surface area contributed by atoms with Gasteiger partial charge in [-0.25, -0.2) is 0 Å². The second-order valence-corrected chi connectivity index (χ2v) is 6.46. The quantitative estimate of drug-likeness (QED) is 0.491. The molecule has 3 N–H and O–H groups in total. The van der Waals surface area contributed by atoms with Crippen molar-refractivity contribution in [2.24, 2.45) is 0 Å². The zero-order valence-electron chi connectivity index (χ0n) is 15.4. The third-order valence-corrected chi connectivity index (χ3v) is 3.90. The lowest BCUT2D eigenvalue weighted by atomic mass is 10.2. The Kier molecular flexibility index (Phi) is 8.03. The van der Waals surface area contributed by atoms with Crippen LogP contribution in [0, 0.1) is 6.92 Å². The molecular formula is C19H20ClN3O4S. The molecule has 28 heavy (non-hydrogen) atoms. The van der Waals surface area contributed by atoms with Crippen molar-refractivity contribution in [1.29, 1.82) is 0 Å². The first-order chi connectivity index (χ1) is 13.4. The molecule has 0 radical (unpaired) electrons. The van der Waals surface area contributed by atoms with Gasteiger partial charge in [0, 0.05) is 10.6 Å². The molecule has 0 saturated carbocycles. The number of hydrogen-bond acceptors (Lipinski definition) is 5. The first-order valence-corrected chi connectivity index (χ1v) is 9.19. The molecule has 0 unspecified atom stereocenters. The fraction of sp³-hybridized carbons (Fsp3) is 0.211. The standard InChI is InChI=1S/C19H20ClN3O4S/c1-3-26-15-7-4-13(5-8-15)18(25)21-19(28)23-22-17(24)11-27-16-9-6-14(20)10-12(16)2/h4-10H,3,11H2,1-2H3,(H,22,24)(H2,21,23,25,28). The molecule has 0 aliphatic rings. The third-order valence-electron chi connectivity index (χ3n) is 3.47. The maximum atomic E-state index is 12.1. The number of halogens is 1. The predicted molar refractivity (Wildman–Crippen MR) is 111 cm³/mol. The van der Waals surface area contributed by atoms with Gasteiger partial charge in [-0.3, -0.25) is 25.8 Å². The Morgan fingerprint density at radius 1 is 1.07 bits per heavy atom. The van der Waals surface area contributed by atoms with Gasteiger partial charge in [-0.2, -0.15) is 0 Å². The highest BCUT2D eigenvalue weighted by Gasteiger charge is 2.10. The van der Waals surface area contributed by atoms with Gasteiger partial charge < -0.3 is 9.47 Å². The fourth-order valence-corrected chi connectivity index (χ4v) is 2.53. The van der Waals surface area contributed by atoms with Gasteiger partial charge in [0.1, 0.15) is 11.5 Å². The Balaban J connectivity index is 1.75. The number of carbonyl (C=O) groups is 2. The molecule has 2 aromatic carbocycles. The minimum Gasteiger partial charge on any atom is -0.494 e. The maximum Gasteiger partial charge on any atom is 0.276 e. The molecule has 0 aliphatic heterocycles. The van der Waals surface area contributed by atoms with Gasteiger partial charge in [-0.15, -0.1) is 0 Å². The highest BCUT2D eigenvalue weighted by Crippen LogP contribution is 2.21. The molecule has 0 aliphatic carbocycles. The number of nitrogens with one attached hydrogen (secondary N) is 3. The second kappa shape index (κ2) is 10.5. The van der Waals surface area contributed by atoms with Crippen LogP contribution in [0.15, 0.2) is 42.5 Å². The number of benzene rings is 2. The molecule has 2 amide bonds. The lowest BCUT2D eigenvalue weighted by molar-refractivity contribution is -0.123. The minimum atomic E-state index is -0.466. The third kappa shape index (κ3) is 6.71. The van der Waals surface area contributed by atoms with Gasteiger partial charge in [0.25, 0.3) is 11.8 Å². The normalized spacial score (nSPS) is 9.96. The summed E-state index contributed by atoms with van der Waals surface area (Å²) in [6.45, 7) is 4.01. The van der Waals surface area contributed by atoms with Crippen LogP contribution in [-0.2, 0) is 4.79 Å². The summed E-state index contributed by atoms with van der Waals surface area (Å²) in [7, 11) is 0. The van der Waals surface area contributed by atoms with Gasteiger partial charge in [0.15, 0.2) is 11.7 Å². The largest absolute Gasteiger partial charge is 0.494 e. The maximum absolute atomic E-state index is 12.1. The first-order valence-electron chi connectivity index (χ1n) is 8.41. The number of ether oxygens (including phenoxy) is 2. The predicted octanol–water partition coefficient (Wildman–Crippen LogP) is 2.76. The van der Waals surface area contributed by atoms with Crippen LogP contribution in [0.1, 0.15) is 22.8 Å². The summed E-state index contributed by atoms with van der Waals surface area (Å²) >= 11 is 10.9. The van der Waals surface area contributed by atoms with Crippen LogP contribution < -0.4 is 25.6 Å². The average Bonchev–Trinajstić information content (AvgIpc) is 2.66. The van der Waals surface area contributed by atoms with Crippen molar-refractivity contribution in [3.8, 4) is 11.5 Å². The zero-order chi connectivity index (χ0) is 20.5. The molecule has 2 aromatic rings. The Morgan fingerprint density at radius 3 is 2.43 bits per heavy atom. The topological polar surface area (TPSA) is 88.7 Å². The van der Waals surface area contributed by atoms with Crippen LogP contribution >= 0.6 is 23.8 Å². The summed E-state index contributed by atoms with van der Waals surface area (Å²) in [5.74, 6) is 0.337. The molecule has 7 nitrogen and oxygen atoms in total. The Hall–Kier alpha value is -2.84. The van der Waals surface area contributed by atoms with E-state index in [1.54, 1.807) is 42.5 Å². The van der Waals surface area contributed by atoms with Gasteiger partial charge in [-0.1, -0.05) is 11.6 Å². The molecule has 148 valence electrons. The highest BCUT2D eigenvalue weighted by molar-refractivity contribution is 7.80. The summed E-state index contributed by atoms with van der Waals surface area (Å²) in [5.41, 5.74) is 6.01. The lowest BCUT2D eigenvalue weighted by Gasteiger charge is -2.12. The number of amides is 2. The molecular weight excluding hydrogens is 402 g/mol. The van der Waals surface area contributed by atoms with E-state index in [4.69, 9.17) is 33.3 Å². The lowest BCUT2D eigenvalue weighted by Crippen LogP contribution is -2.49. The summed E-state index contributed by atoms with van der Waals surface area (Å²) in [6, 6.07) is 11.7. The van der Waals surface area contributed by atoms with E-state index in [0.717, 1.165) is 5.56 Å². The van der Waals surface area contributed by atoms with Crippen LogP contribution in [0.25, 0.3) is 0 Å². The van der Waals surface area contributed by atoms with Crippen LogP contribution in [0.2, 0.25) is 5.02 Å². The number of hydrogen-bond donors (Lipinski definition) is 3. The SMILES string of the molecule is CCOc1ccc(C(=O)NC(=S)NNC(=O)COc2ccc(Cl)cc2C)cc1. The number of hydrazine groups is 1. The zero-order valence-corrected chi connectivity index (χ0v) is 16.9. The fourth-order valence-electron chi connectivity index (χ4n) is 2.16. The van der Waals surface area contributed by atoms with Crippen LogP contribution in [-0.4, -0.2) is 30.1 Å². The van der Waals surface area contributed by atoms with Crippen molar-refractivity contribution in [3.63, 3.8) is 0 Å². The molecule has 0 saturated heterocycles. The molecule has 2 rings (SSSR count). The van der Waals surface area contributed by atoms with E-state index < -0.39 is 11.8 Å². The molecule has 0 atom stereocenters. The summed E-state index contributed by atoms with van der Waals surface area (Å²) in [4.78, 5) is 24.0. The van der Waals surface area contributed by atoms with Crippen molar-refractivity contribution in [2.75, 3.05) is 13.2 Å². The van der Waals surface area contributed by atoms with E-state index in [9.17, 15) is 9.59 Å². The van der Waals surface area contributed by atoms with E-state index >= 15 is 0 Å². The highest BCUT2D eigenvalue weighted by atomic mass is 35.5. The number of rotatable bonds is 6. The average molecular weight is 422 g/mol. The van der Waals surface area contributed by atoms with Crippen molar-refractivity contribution in [3.05, 3.63) is 58.6 Å². The Labute approximate surface area is 173 Å². The van der Waals surface area contributed by atoms with Crippen LogP contribution in [0.4, 0.5) is 0 Å². The van der Waals surface area contributed by atoms with E-state index in [0.29, 0.717) is 28.7 Å². The van der Waals surface area contributed by atoms with Crippen molar-refractivity contribution >= 4 is 40.7 Å². The Morgan fingerprint density at radius 2 is 1.79 bits per heavy atom. The molecule has 0 fully saturated rings. The smallest absolute Gasteiger partial charge is 0.276 e. The van der Waals surface area contributed by atoms with E-state index in [1.165, 1.54) is 0 Å². The van der Waals surface area contributed by atoms with Gasteiger partial charge in [0.05, 0.1) is 6.61 Å². The summed E-state index contributed by atoms with van der Waals surface area (Å²) in [5, 5.41) is 3.00. The molecule has 0 aromatic heterocycles. The molecule has 0 bridgehead atoms. The minimum absolute atomic E-state index is 0.0464. The second-order valence-electron chi connectivity index (χ2n) is 5.61. The van der Waals surface area contributed by atoms with Gasteiger partial charge in [-0.05, 0) is 74.1 Å². The summed E-state index contributed by atoms with van der Waals surface area (Å²) < 4.78 is 10.7.